The van der Waals surface area contributed by atoms with Gasteiger partial charge >= 0.3 is 0 Å². The van der Waals surface area contributed by atoms with Crippen molar-refractivity contribution in [1.82, 2.24) is 4.98 Å². The lowest BCUT2D eigenvalue weighted by atomic mass is 10.0. The smallest absolute Gasteiger partial charge is 0.255 e. The molecule has 0 atom stereocenters. The number of amides is 1. The summed E-state index contributed by atoms with van der Waals surface area (Å²) in [7, 11) is 0. The zero-order valence-electron chi connectivity index (χ0n) is 15.9. The van der Waals surface area contributed by atoms with Crippen LogP contribution in [0, 0.1) is 5.82 Å². The van der Waals surface area contributed by atoms with Crippen molar-refractivity contribution in [3.8, 4) is 11.5 Å². The number of fused-ring (bicyclic) bond motifs is 1. The first-order valence-corrected chi connectivity index (χ1v) is 9.56. The van der Waals surface area contributed by atoms with Gasteiger partial charge in [0.15, 0.2) is 5.58 Å². The van der Waals surface area contributed by atoms with Crippen molar-refractivity contribution in [1.29, 1.82) is 0 Å². The first kappa shape index (κ1) is 19.2. The number of aromatic nitrogens is 1. The third kappa shape index (κ3) is 4.00. The summed E-state index contributed by atoms with van der Waals surface area (Å²) in [6.45, 7) is 4.24. The molecule has 0 saturated carbocycles. The average molecular weight is 409 g/mol. The van der Waals surface area contributed by atoms with E-state index < -0.39 is 11.7 Å². The number of nitrogens with one attached hydrogen (secondary N) is 1. The molecule has 1 N–H and O–H groups in total. The molecule has 1 aromatic heterocycles. The molecule has 0 saturated heterocycles. The Bertz CT molecular complexity index is 1220. The van der Waals surface area contributed by atoms with Crippen molar-refractivity contribution in [2.24, 2.45) is 0 Å². The fraction of sp³-hybridized carbons (Fsp3) is 0.130. The molecule has 0 fully saturated rings. The summed E-state index contributed by atoms with van der Waals surface area (Å²) in [6.07, 6.45) is 0. The molecule has 0 radical (unpaired) electrons. The van der Waals surface area contributed by atoms with E-state index in [0.717, 1.165) is 5.52 Å². The Morgan fingerprint density at radius 3 is 2.69 bits per heavy atom. The van der Waals surface area contributed by atoms with Crippen LogP contribution in [-0.2, 0) is 0 Å². The van der Waals surface area contributed by atoms with Crippen LogP contribution in [0.1, 0.15) is 35.7 Å². The van der Waals surface area contributed by atoms with Crippen LogP contribution in [0.5, 0.6) is 0 Å². The second-order valence-electron chi connectivity index (χ2n) is 7.06. The average Bonchev–Trinajstić information content (AvgIpc) is 3.12. The Morgan fingerprint density at radius 1 is 1.10 bits per heavy atom. The minimum Gasteiger partial charge on any atom is -0.436 e. The van der Waals surface area contributed by atoms with Crippen LogP contribution in [0.2, 0.25) is 5.02 Å². The highest BCUT2D eigenvalue weighted by Gasteiger charge is 2.14. The van der Waals surface area contributed by atoms with Gasteiger partial charge in [-0.25, -0.2) is 9.37 Å². The molecule has 1 heterocycles. The number of rotatable bonds is 4. The molecule has 4 rings (SSSR count). The predicted octanol–water partition coefficient (Wildman–Crippen LogP) is 6.66. The molecule has 0 unspecified atom stereocenters. The number of benzene rings is 3. The number of hydrogen-bond donors (Lipinski definition) is 1. The molecular formula is C23H18ClFN2O2. The molecule has 4 nitrogen and oxygen atoms in total. The molecule has 146 valence electrons. The number of nitrogens with zero attached hydrogens (tertiary/aromatic N) is 1. The van der Waals surface area contributed by atoms with Crippen LogP contribution in [0.25, 0.3) is 22.6 Å². The van der Waals surface area contributed by atoms with Crippen LogP contribution in [-0.4, -0.2) is 10.9 Å². The number of carbonyl (C=O) groups is 1. The zero-order valence-corrected chi connectivity index (χ0v) is 16.6. The molecule has 6 heteroatoms. The molecule has 0 aliphatic heterocycles. The van der Waals surface area contributed by atoms with E-state index in [4.69, 9.17) is 16.0 Å². The van der Waals surface area contributed by atoms with Crippen LogP contribution in [0.4, 0.5) is 10.1 Å². The second-order valence-corrected chi connectivity index (χ2v) is 7.47. The number of oxazole rings is 1. The molecule has 0 spiro atoms. The molecular weight excluding hydrogens is 391 g/mol. The maximum atomic E-state index is 13.4. The quantitative estimate of drug-likeness (QED) is 0.410. The topological polar surface area (TPSA) is 55.1 Å². The van der Waals surface area contributed by atoms with Crippen LogP contribution >= 0.6 is 11.6 Å². The van der Waals surface area contributed by atoms with E-state index in [2.05, 4.69) is 24.1 Å². The van der Waals surface area contributed by atoms with E-state index in [1.54, 1.807) is 18.2 Å². The van der Waals surface area contributed by atoms with Crippen molar-refractivity contribution < 1.29 is 13.6 Å². The highest BCUT2D eigenvalue weighted by Crippen LogP contribution is 2.31. The number of hydrogen-bond acceptors (Lipinski definition) is 3. The summed E-state index contributed by atoms with van der Waals surface area (Å²) in [5.41, 5.74) is 3.90. The first-order valence-electron chi connectivity index (χ1n) is 9.18. The lowest BCUT2D eigenvalue weighted by Gasteiger charge is -2.08. The van der Waals surface area contributed by atoms with E-state index in [9.17, 15) is 9.18 Å². The summed E-state index contributed by atoms with van der Waals surface area (Å²) in [5.74, 6) is -0.119. The van der Waals surface area contributed by atoms with E-state index >= 15 is 0 Å². The Hall–Kier alpha value is -3.18. The fourth-order valence-electron chi connectivity index (χ4n) is 3.01. The van der Waals surface area contributed by atoms with Gasteiger partial charge in [0.25, 0.3) is 5.91 Å². The molecule has 4 aromatic rings. The predicted molar refractivity (Wildman–Crippen MR) is 113 cm³/mol. The molecule has 0 aliphatic rings. The third-order valence-corrected chi connectivity index (χ3v) is 4.96. The number of anilines is 1. The highest BCUT2D eigenvalue weighted by molar-refractivity contribution is 6.34. The van der Waals surface area contributed by atoms with Crippen molar-refractivity contribution in [3.05, 3.63) is 82.6 Å². The van der Waals surface area contributed by atoms with Crippen LogP contribution < -0.4 is 5.32 Å². The van der Waals surface area contributed by atoms with Gasteiger partial charge in [0.05, 0.1) is 10.7 Å². The van der Waals surface area contributed by atoms with Gasteiger partial charge in [0.2, 0.25) is 5.89 Å². The van der Waals surface area contributed by atoms with Crippen molar-refractivity contribution in [3.63, 3.8) is 0 Å². The minimum absolute atomic E-state index is 0.203. The maximum Gasteiger partial charge on any atom is 0.255 e. The third-order valence-electron chi connectivity index (χ3n) is 4.63. The van der Waals surface area contributed by atoms with E-state index in [-0.39, 0.29) is 5.56 Å². The number of halogens is 2. The van der Waals surface area contributed by atoms with Gasteiger partial charge < -0.3 is 9.73 Å². The summed E-state index contributed by atoms with van der Waals surface area (Å²) in [6, 6.07) is 16.5. The van der Waals surface area contributed by atoms with E-state index in [1.807, 2.05) is 18.2 Å². The van der Waals surface area contributed by atoms with Gasteiger partial charge in [-0.3, -0.25) is 4.79 Å². The summed E-state index contributed by atoms with van der Waals surface area (Å²) < 4.78 is 19.3. The highest BCUT2D eigenvalue weighted by atomic mass is 35.5. The number of carbonyl (C=O) groups excluding carboxylic acids is 1. The zero-order chi connectivity index (χ0) is 20.5. The molecule has 3 aromatic carbocycles. The van der Waals surface area contributed by atoms with Crippen LogP contribution in [0.15, 0.2) is 65.1 Å². The first-order chi connectivity index (χ1) is 13.9. The van der Waals surface area contributed by atoms with Crippen molar-refractivity contribution in [2.45, 2.75) is 19.8 Å². The standard InChI is InChI=1S/C23H18ClFN2O2/c1-13(2)14-7-9-21-20(11-14)27-23(29-21)16-6-8-18(24)19(12-16)26-22(28)15-4-3-5-17(25)10-15/h3-13H,1-2H3,(H,26,28). The van der Waals surface area contributed by atoms with Gasteiger partial charge in [-0.15, -0.1) is 0 Å². The Labute approximate surface area is 172 Å². The molecule has 0 aliphatic carbocycles. The molecule has 0 bridgehead atoms. The lowest BCUT2D eigenvalue weighted by Crippen LogP contribution is -2.12. The monoisotopic (exact) mass is 408 g/mol. The summed E-state index contributed by atoms with van der Waals surface area (Å²) in [5, 5.41) is 3.07. The normalized spacial score (nSPS) is 11.2. The lowest BCUT2D eigenvalue weighted by molar-refractivity contribution is 0.102. The summed E-state index contributed by atoms with van der Waals surface area (Å²) in [4.78, 5) is 17.0. The molecule has 1 amide bonds. The largest absolute Gasteiger partial charge is 0.436 e. The van der Waals surface area contributed by atoms with Gasteiger partial charge in [-0.1, -0.05) is 37.6 Å². The SMILES string of the molecule is CC(C)c1ccc2oc(-c3ccc(Cl)c(NC(=O)c4cccc(F)c4)c3)nc2c1. The Kier molecular flexibility index (Phi) is 5.07. The van der Waals surface area contributed by atoms with Gasteiger partial charge in [0.1, 0.15) is 11.3 Å². The van der Waals surface area contributed by atoms with Crippen molar-refractivity contribution >= 4 is 34.3 Å². The van der Waals surface area contributed by atoms with E-state index in [0.29, 0.717) is 33.7 Å². The maximum absolute atomic E-state index is 13.4. The summed E-state index contributed by atoms with van der Waals surface area (Å²) >= 11 is 6.24. The van der Waals surface area contributed by atoms with Gasteiger partial charge in [-0.2, -0.15) is 0 Å². The van der Waals surface area contributed by atoms with E-state index in [1.165, 1.54) is 29.8 Å². The fourth-order valence-corrected chi connectivity index (χ4v) is 3.17. The van der Waals surface area contributed by atoms with Gasteiger partial charge in [0, 0.05) is 11.1 Å². The van der Waals surface area contributed by atoms with Crippen molar-refractivity contribution in [2.75, 3.05) is 5.32 Å². The van der Waals surface area contributed by atoms with Gasteiger partial charge in [-0.05, 0) is 60.0 Å². The Balaban J connectivity index is 1.66. The van der Waals surface area contributed by atoms with Crippen LogP contribution in [0.3, 0.4) is 0 Å². The second kappa shape index (κ2) is 7.68. The Morgan fingerprint density at radius 2 is 1.93 bits per heavy atom. The minimum atomic E-state index is -0.482. The molecule has 29 heavy (non-hydrogen) atoms.